The average Bonchev–Trinajstić information content (AvgIpc) is 3.63. The number of benzene rings is 2. The first-order valence-electron chi connectivity index (χ1n) is 12.4. The van der Waals surface area contributed by atoms with E-state index in [1.54, 1.807) is 18.2 Å². The molecule has 1 saturated carbocycles. The van der Waals surface area contributed by atoms with Crippen molar-refractivity contribution in [1.82, 2.24) is 19.7 Å². The van der Waals surface area contributed by atoms with Crippen molar-refractivity contribution in [3.05, 3.63) is 64.2 Å². The summed E-state index contributed by atoms with van der Waals surface area (Å²) in [6, 6.07) is 7.41. The van der Waals surface area contributed by atoms with Crippen LogP contribution in [0.1, 0.15) is 48.8 Å². The van der Waals surface area contributed by atoms with Crippen molar-refractivity contribution in [2.45, 2.75) is 56.4 Å². The zero-order valence-electron chi connectivity index (χ0n) is 20.5. The van der Waals surface area contributed by atoms with Gasteiger partial charge in [0.15, 0.2) is 17.4 Å². The molecule has 1 aromatic heterocycles. The highest BCUT2D eigenvalue weighted by Crippen LogP contribution is 2.55. The maximum atomic E-state index is 14.6. The van der Waals surface area contributed by atoms with Crippen LogP contribution >= 0.6 is 11.6 Å². The molecule has 38 heavy (non-hydrogen) atoms. The Hall–Kier alpha value is -2.92. The molecule has 2 fully saturated rings. The minimum absolute atomic E-state index is 0.0121. The summed E-state index contributed by atoms with van der Waals surface area (Å²) in [4.78, 5) is 3.29. The van der Waals surface area contributed by atoms with E-state index < -0.39 is 23.3 Å². The number of halogens is 6. The highest BCUT2D eigenvalue weighted by Gasteiger charge is 2.66. The Morgan fingerprint density at radius 2 is 1.71 bits per heavy atom. The van der Waals surface area contributed by atoms with Crippen LogP contribution in [0, 0.1) is 11.6 Å². The Labute approximate surface area is 220 Å². The summed E-state index contributed by atoms with van der Waals surface area (Å²) in [5, 5.41) is 9.25. The molecule has 0 spiro atoms. The summed E-state index contributed by atoms with van der Waals surface area (Å²) in [5.74, 6) is -0.389. The Balaban J connectivity index is 1.31. The first-order valence-corrected chi connectivity index (χ1v) is 12.8. The molecule has 6 rings (SSSR count). The van der Waals surface area contributed by atoms with Crippen LogP contribution < -0.4 is 9.64 Å². The molecule has 6 nitrogen and oxygen atoms in total. The number of alkyl halides is 3. The van der Waals surface area contributed by atoms with E-state index in [1.165, 1.54) is 18.1 Å². The molecule has 0 amide bonds. The van der Waals surface area contributed by atoms with Gasteiger partial charge in [0.05, 0.1) is 25.0 Å². The van der Waals surface area contributed by atoms with Crippen LogP contribution in [0.2, 0.25) is 5.02 Å². The molecule has 1 saturated heterocycles. The molecule has 2 aliphatic heterocycles. The number of nitrogens with zero attached hydrogens (tertiary/aromatic N) is 5. The molecular weight excluding hydrogens is 529 g/mol. The van der Waals surface area contributed by atoms with E-state index in [2.05, 4.69) is 10.2 Å². The van der Waals surface area contributed by atoms with Gasteiger partial charge in [-0.05, 0) is 49.4 Å². The van der Waals surface area contributed by atoms with Crippen LogP contribution in [0.25, 0.3) is 5.69 Å². The number of rotatable bonds is 4. The topological polar surface area (TPSA) is 46.4 Å². The van der Waals surface area contributed by atoms with Crippen LogP contribution in [-0.4, -0.2) is 51.6 Å². The highest BCUT2D eigenvalue weighted by atomic mass is 35.5. The average molecular weight is 554 g/mol. The van der Waals surface area contributed by atoms with Crippen LogP contribution in [-0.2, 0) is 13.1 Å². The normalized spacial score (nSPS) is 19.6. The van der Waals surface area contributed by atoms with E-state index in [9.17, 15) is 22.0 Å². The molecule has 3 heterocycles. The fraction of sp³-hybridized carbons (Fsp3) is 0.462. The first kappa shape index (κ1) is 25.4. The Morgan fingerprint density at radius 1 is 0.974 bits per heavy atom. The molecule has 0 N–H and O–H groups in total. The predicted molar refractivity (Wildman–Crippen MR) is 131 cm³/mol. The molecule has 202 valence electrons. The van der Waals surface area contributed by atoms with Gasteiger partial charge in [0.1, 0.15) is 17.2 Å². The summed E-state index contributed by atoms with van der Waals surface area (Å²) >= 11 is 6.26. The third-order valence-electron chi connectivity index (χ3n) is 8.01. The van der Waals surface area contributed by atoms with Crippen molar-refractivity contribution in [2.75, 3.05) is 25.1 Å². The second-order valence-electron chi connectivity index (χ2n) is 10.2. The number of anilines is 1. The lowest BCUT2D eigenvalue weighted by molar-refractivity contribution is -0.200. The van der Waals surface area contributed by atoms with Crippen LogP contribution in [0.15, 0.2) is 30.3 Å². The fourth-order valence-electron chi connectivity index (χ4n) is 5.79. The third kappa shape index (κ3) is 4.10. The molecule has 0 unspecified atom stereocenters. The van der Waals surface area contributed by atoms with Gasteiger partial charge in [-0.15, -0.1) is 10.2 Å². The number of fused-ring (bicyclic) bond motifs is 3. The largest absolute Gasteiger partial charge is 0.494 e. The van der Waals surface area contributed by atoms with Crippen LogP contribution in [0.4, 0.5) is 27.6 Å². The number of methoxy groups -OCH3 is 1. The number of ether oxygens (including phenoxy) is 1. The fourth-order valence-corrected chi connectivity index (χ4v) is 5.98. The second-order valence-corrected chi connectivity index (χ2v) is 10.6. The van der Waals surface area contributed by atoms with E-state index in [-0.39, 0.29) is 43.3 Å². The van der Waals surface area contributed by atoms with Crippen molar-refractivity contribution in [3.8, 4) is 11.4 Å². The summed E-state index contributed by atoms with van der Waals surface area (Å²) in [7, 11) is 1.33. The zero-order chi connectivity index (χ0) is 26.8. The minimum Gasteiger partial charge on any atom is -0.494 e. The first-order chi connectivity index (χ1) is 18.1. The maximum Gasteiger partial charge on any atom is 0.406 e. The molecule has 0 bridgehead atoms. The molecule has 1 aliphatic carbocycles. The number of piperidine rings is 1. The maximum absolute atomic E-state index is 14.6. The quantitative estimate of drug-likeness (QED) is 0.371. The predicted octanol–water partition coefficient (Wildman–Crippen LogP) is 6.00. The molecule has 0 atom stereocenters. The van der Waals surface area contributed by atoms with E-state index >= 15 is 0 Å². The monoisotopic (exact) mass is 553 g/mol. The van der Waals surface area contributed by atoms with Gasteiger partial charge in [0, 0.05) is 42.7 Å². The smallest absolute Gasteiger partial charge is 0.406 e. The van der Waals surface area contributed by atoms with Crippen LogP contribution in [0.5, 0.6) is 5.75 Å². The van der Waals surface area contributed by atoms with Crippen LogP contribution in [0.3, 0.4) is 0 Å². The molecule has 3 aromatic rings. The van der Waals surface area contributed by atoms with Gasteiger partial charge in [-0.3, -0.25) is 9.47 Å². The van der Waals surface area contributed by atoms with Crippen molar-refractivity contribution in [1.29, 1.82) is 0 Å². The van der Waals surface area contributed by atoms with Gasteiger partial charge >= 0.3 is 6.18 Å². The van der Waals surface area contributed by atoms with Crippen molar-refractivity contribution in [3.63, 3.8) is 0 Å². The van der Waals surface area contributed by atoms with Gasteiger partial charge in [-0.1, -0.05) is 11.6 Å². The van der Waals surface area contributed by atoms with Gasteiger partial charge in [0.25, 0.3) is 0 Å². The third-order valence-corrected chi connectivity index (χ3v) is 8.24. The Kier molecular flexibility index (Phi) is 6.06. The lowest BCUT2D eigenvalue weighted by Crippen LogP contribution is -2.47. The van der Waals surface area contributed by atoms with E-state index in [0.29, 0.717) is 48.2 Å². The van der Waals surface area contributed by atoms with E-state index in [1.807, 2.05) is 9.47 Å². The molecule has 3 aliphatic rings. The van der Waals surface area contributed by atoms with Crippen molar-refractivity contribution >= 4 is 17.3 Å². The van der Waals surface area contributed by atoms with Gasteiger partial charge in [-0.2, -0.15) is 13.2 Å². The standard InChI is InChI=1S/C26H25ClF5N5O/c1-38-22-12-21(18(28)11-19(22)29)35-8-4-15(5-9-35)24-34-33-23-14-36(25(6-7-25)26(30,31)32)13-16-10-17(27)2-3-20(16)37(23)24/h2-3,10-12,15H,4-9,13-14H2,1H3. The van der Waals surface area contributed by atoms with Gasteiger partial charge in [-0.25, -0.2) is 8.78 Å². The summed E-state index contributed by atoms with van der Waals surface area (Å²) < 4.78 is 77.5. The number of aromatic nitrogens is 3. The number of hydrogen-bond acceptors (Lipinski definition) is 5. The summed E-state index contributed by atoms with van der Waals surface area (Å²) in [5.41, 5.74) is -0.189. The summed E-state index contributed by atoms with van der Waals surface area (Å²) in [6.45, 7) is 1.07. The molecule has 12 heteroatoms. The Bertz CT molecular complexity index is 1380. The lowest BCUT2D eigenvalue weighted by atomic mass is 9.95. The van der Waals surface area contributed by atoms with Gasteiger partial charge in [0.2, 0.25) is 0 Å². The lowest BCUT2D eigenvalue weighted by Gasteiger charge is -2.33. The minimum atomic E-state index is -4.35. The number of hydrogen-bond donors (Lipinski definition) is 0. The zero-order valence-corrected chi connectivity index (χ0v) is 21.3. The van der Waals surface area contributed by atoms with E-state index in [4.69, 9.17) is 16.3 Å². The van der Waals surface area contributed by atoms with Crippen molar-refractivity contribution < 1.29 is 26.7 Å². The van der Waals surface area contributed by atoms with Gasteiger partial charge < -0.3 is 9.64 Å². The van der Waals surface area contributed by atoms with Crippen molar-refractivity contribution in [2.24, 2.45) is 0 Å². The second kappa shape index (κ2) is 9.08. The molecule has 0 radical (unpaired) electrons. The molecule has 2 aromatic carbocycles. The summed E-state index contributed by atoms with van der Waals surface area (Å²) in [6.07, 6.45) is -3.03. The highest BCUT2D eigenvalue weighted by molar-refractivity contribution is 6.30. The Morgan fingerprint density at radius 3 is 2.37 bits per heavy atom. The SMILES string of the molecule is COc1cc(N2CCC(c3nnc4n3-c3ccc(Cl)cc3CN(C3(C(F)(F)F)CC3)C4)CC2)c(F)cc1F. The molecular formula is C26H25ClF5N5O. The van der Waals surface area contributed by atoms with E-state index in [0.717, 1.165) is 11.8 Å².